The lowest BCUT2D eigenvalue weighted by atomic mass is 10.2. The molecule has 0 saturated heterocycles. The van der Waals surface area contributed by atoms with E-state index in [1.54, 1.807) is 11.6 Å². The molecule has 6 nitrogen and oxygen atoms in total. The zero-order valence-electron chi connectivity index (χ0n) is 10.3. The topological polar surface area (TPSA) is 63.8 Å². The highest BCUT2D eigenvalue weighted by Crippen LogP contribution is 2.11. The molecule has 0 bridgehead atoms. The molecule has 18 heavy (non-hydrogen) atoms. The molecule has 0 amide bonds. The molecule has 0 unspecified atom stereocenters. The first-order valence-corrected chi connectivity index (χ1v) is 6.00. The van der Waals surface area contributed by atoms with Crippen molar-refractivity contribution in [3.05, 3.63) is 29.7 Å². The molecule has 3 heterocycles. The van der Waals surface area contributed by atoms with Gasteiger partial charge in [-0.15, -0.1) is 0 Å². The summed E-state index contributed by atoms with van der Waals surface area (Å²) in [4.78, 5) is 8.97. The average molecular weight is 245 g/mol. The van der Waals surface area contributed by atoms with Crippen molar-refractivity contribution in [2.45, 2.75) is 6.42 Å². The summed E-state index contributed by atoms with van der Waals surface area (Å²) in [6.45, 7) is 2.34. The first kappa shape index (κ1) is 11.2. The molecule has 2 aromatic rings. The molecule has 0 fully saturated rings. The molecular formula is C12H15N5O. The minimum atomic E-state index is 0.630. The summed E-state index contributed by atoms with van der Waals surface area (Å²) in [6.07, 6.45) is 2.62. The lowest BCUT2D eigenvalue weighted by Gasteiger charge is -2.02. The van der Waals surface area contributed by atoms with E-state index in [0.29, 0.717) is 6.61 Å². The molecule has 0 aliphatic carbocycles. The van der Waals surface area contributed by atoms with Crippen molar-refractivity contribution in [3.63, 3.8) is 0 Å². The Morgan fingerprint density at radius 2 is 2.44 bits per heavy atom. The Hall–Kier alpha value is -1.95. The van der Waals surface area contributed by atoms with Crippen LogP contribution in [0.5, 0.6) is 0 Å². The van der Waals surface area contributed by atoms with Crippen molar-refractivity contribution >= 4 is 11.5 Å². The summed E-state index contributed by atoms with van der Waals surface area (Å²) < 4.78 is 6.84. The van der Waals surface area contributed by atoms with Crippen LogP contribution in [0.4, 0.5) is 0 Å². The molecule has 0 aromatic carbocycles. The number of ether oxygens (including phenoxy) is 1. The van der Waals surface area contributed by atoms with Gasteiger partial charge in [0.25, 0.3) is 0 Å². The number of nitrogens with one attached hydrogen (secondary N) is 1. The second kappa shape index (κ2) is 4.73. The molecule has 0 atom stereocenters. The summed E-state index contributed by atoms with van der Waals surface area (Å²) in [5.41, 5.74) is 1.85. The van der Waals surface area contributed by atoms with Gasteiger partial charge in [-0.3, -0.25) is 4.99 Å². The third-order valence-electron chi connectivity index (χ3n) is 2.87. The largest absolute Gasteiger partial charge is 0.384 e. The van der Waals surface area contributed by atoms with Crippen LogP contribution in [0.3, 0.4) is 0 Å². The predicted octanol–water partition coefficient (Wildman–Crippen LogP) is 0.268. The maximum Gasteiger partial charge on any atom is 0.166 e. The van der Waals surface area contributed by atoms with Gasteiger partial charge in [0.05, 0.1) is 18.7 Å². The summed E-state index contributed by atoms with van der Waals surface area (Å²) >= 11 is 0. The van der Waals surface area contributed by atoms with E-state index < -0.39 is 0 Å². The Balaban J connectivity index is 2.01. The van der Waals surface area contributed by atoms with Crippen LogP contribution >= 0.6 is 0 Å². The van der Waals surface area contributed by atoms with Gasteiger partial charge in [-0.2, -0.15) is 5.10 Å². The van der Waals surface area contributed by atoms with Gasteiger partial charge in [-0.1, -0.05) is 0 Å². The number of rotatable bonds is 4. The fraction of sp³-hybridized carbons (Fsp3) is 0.417. The van der Waals surface area contributed by atoms with Crippen LogP contribution in [0.1, 0.15) is 11.4 Å². The molecule has 94 valence electrons. The molecule has 0 saturated carbocycles. The van der Waals surface area contributed by atoms with Crippen LogP contribution < -0.4 is 5.32 Å². The maximum atomic E-state index is 5.05. The number of aromatic nitrogens is 3. The van der Waals surface area contributed by atoms with E-state index in [1.807, 2.05) is 18.3 Å². The standard InChI is InChI=1S/C12H15N5O/c1-18-8-4-10-15-12-9(11-13-5-6-14-11)3-2-7-17(12)16-10/h2-3,7H,4-6,8H2,1H3,(H,13,14). The van der Waals surface area contributed by atoms with E-state index in [2.05, 4.69) is 20.4 Å². The third-order valence-corrected chi connectivity index (χ3v) is 2.87. The molecule has 0 radical (unpaired) electrons. The normalized spacial score (nSPS) is 14.8. The van der Waals surface area contributed by atoms with Gasteiger partial charge < -0.3 is 10.1 Å². The lowest BCUT2D eigenvalue weighted by molar-refractivity contribution is 0.200. The molecule has 1 N–H and O–H groups in total. The highest BCUT2D eigenvalue weighted by atomic mass is 16.5. The quantitative estimate of drug-likeness (QED) is 0.839. The molecule has 6 heteroatoms. The Morgan fingerprint density at radius 1 is 1.50 bits per heavy atom. The summed E-state index contributed by atoms with van der Waals surface area (Å²) in [5.74, 6) is 1.70. The fourth-order valence-electron chi connectivity index (χ4n) is 2.01. The van der Waals surface area contributed by atoms with Crippen LogP contribution in [0.15, 0.2) is 23.3 Å². The zero-order chi connectivity index (χ0) is 12.4. The van der Waals surface area contributed by atoms with Gasteiger partial charge in [-0.25, -0.2) is 9.50 Å². The smallest absolute Gasteiger partial charge is 0.166 e. The molecule has 0 spiro atoms. The van der Waals surface area contributed by atoms with Crippen LogP contribution in [0.2, 0.25) is 0 Å². The van der Waals surface area contributed by atoms with Gasteiger partial charge >= 0.3 is 0 Å². The van der Waals surface area contributed by atoms with Gasteiger partial charge in [0.15, 0.2) is 11.5 Å². The minimum Gasteiger partial charge on any atom is -0.384 e. The predicted molar refractivity (Wildman–Crippen MR) is 68.0 cm³/mol. The fourth-order valence-corrected chi connectivity index (χ4v) is 2.01. The van der Waals surface area contributed by atoms with E-state index in [9.17, 15) is 0 Å². The van der Waals surface area contributed by atoms with Gasteiger partial charge in [-0.05, 0) is 12.1 Å². The molecule has 2 aromatic heterocycles. The summed E-state index contributed by atoms with van der Waals surface area (Å²) in [5, 5.41) is 7.69. The lowest BCUT2D eigenvalue weighted by Crippen LogP contribution is -2.20. The molecule has 1 aliphatic heterocycles. The SMILES string of the molecule is COCCc1nc2c(C3=NCCN3)cccn2n1. The number of amidine groups is 1. The van der Waals surface area contributed by atoms with E-state index in [-0.39, 0.29) is 0 Å². The van der Waals surface area contributed by atoms with Crippen LogP contribution in [-0.4, -0.2) is 47.2 Å². The Labute approximate surface area is 105 Å². The number of fused-ring (bicyclic) bond motifs is 1. The Bertz CT molecular complexity index is 589. The number of hydrogen-bond acceptors (Lipinski definition) is 5. The number of methoxy groups -OCH3 is 1. The number of nitrogens with zero attached hydrogens (tertiary/aromatic N) is 4. The molecule has 3 rings (SSSR count). The summed E-state index contributed by atoms with van der Waals surface area (Å²) in [6, 6.07) is 3.97. The van der Waals surface area contributed by atoms with Crippen molar-refractivity contribution in [2.24, 2.45) is 4.99 Å². The first-order chi connectivity index (χ1) is 8.88. The van der Waals surface area contributed by atoms with Gasteiger partial charge in [0.2, 0.25) is 0 Å². The van der Waals surface area contributed by atoms with Gasteiger partial charge in [0.1, 0.15) is 5.84 Å². The van der Waals surface area contributed by atoms with E-state index in [1.165, 1.54) is 0 Å². The highest BCUT2D eigenvalue weighted by molar-refractivity contribution is 6.04. The second-order valence-corrected chi connectivity index (χ2v) is 4.12. The monoisotopic (exact) mass is 245 g/mol. The second-order valence-electron chi connectivity index (χ2n) is 4.12. The molecule has 1 aliphatic rings. The highest BCUT2D eigenvalue weighted by Gasteiger charge is 2.14. The van der Waals surface area contributed by atoms with E-state index >= 15 is 0 Å². The van der Waals surface area contributed by atoms with Crippen LogP contribution in [0, 0.1) is 0 Å². The van der Waals surface area contributed by atoms with E-state index in [0.717, 1.165) is 42.4 Å². The van der Waals surface area contributed by atoms with Crippen molar-refractivity contribution in [1.29, 1.82) is 0 Å². The minimum absolute atomic E-state index is 0.630. The van der Waals surface area contributed by atoms with Crippen molar-refractivity contribution in [2.75, 3.05) is 26.8 Å². The van der Waals surface area contributed by atoms with Crippen molar-refractivity contribution in [3.8, 4) is 0 Å². The number of pyridine rings is 1. The van der Waals surface area contributed by atoms with Crippen molar-refractivity contribution in [1.82, 2.24) is 19.9 Å². The van der Waals surface area contributed by atoms with Crippen LogP contribution in [0.25, 0.3) is 5.65 Å². The number of aliphatic imine (C=N–C) groups is 1. The van der Waals surface area contributed by atoms with Crippen molar-refractivity contribution < 1.29 is 4.74 Å². The van der Waals surface area contributed by atoms with E-state index in [4.69, 9.17) is 4.74 Å². The first-order valence-electron chi connectivity index (χ1n) is 6.00. The molecular weight excluding hydrogens is 230 g/mol. The maximum absolute atomic E-state index is 5.05. The Kier molecular flexibility index (Phi) is 2.93. The Morgan fingerprint density at radius 3 is 3.22 bits per heavy atom. The summed E-state index contributed by atoms with van der Waals surface area (Å²) in [7, 11) is 1.68. The average Bonchev–Trinajstić information content (AvgIpc) is 3.04. The number of hydrogen-bond donors (Lipinski definition) is 1. The van der Waals surface area contributed by atoms with Gasteiger partial charge in [0, 0.05) is 26.3 Å². The zero-order valence-corrected chi connectivity index (χ0v) is 10.3. The third kappa shape index (κ3) is 1.95. The van der Waals surface area contributed by atoms with Crippen LogP contribution in [-0.2, 0) is 11.2 Å².